The molecular weight excluding hydrogens is 270 g/mol. The summed E-state index contributed by atoms with van der Waals surface area (Å²) in [6.45, 7) is 2.78. The monoisotopic (exact) mass is 291 g/mol. The van der Waals surface area contributed by atoms with Crippen molar-refractivity contribution in [2.24, 2.45) is 0 Å². The van der Waals surface area contributed by atoms with Crippen molar-refractivity contribution >= 4 is 12.0 Å². The Morgan fingerprint density at radius 1 is 1.43 bits per heavy atom. The van der Waals surface area contributed by atoms with Crippen LogP contribution in [0.25, 0.3) is 0 Å². The minimum absolute atomic E-state index is 0.245. The highest BCUT2D eigenvalue weighted by molar-refractivity contribution is 5.82. The van der Waals surface area contributed by atoms with E-state index in [4.69, 9.17) is 0 Å². The lowest BCUT2D eigenvalue weighted by molar-refractivity contribution is -0.143. The van der Waals surface area contributed by atoms with Crippen LogP contribution in [0.2, 0.25) is 0 Å². The molecule has 2 amide bonds. The minimum Gasteiger partial charge on any atom is -0.480 e. The lowest BCUT2D eigenvalue weighted by Crippen LogP contribution is -2.52. The number of piperidine rings is 1. The van der Waals surface area contributed by atoms with Crippen molar-refractivity contribution in [1.29, 1.82) is 0 Å². The third kappa shape index (κ3) is 3.71. The summed E-state index contributed by atoms with van der Waals surface area (Å²) in [5, 5.41) is 9.24. The largest absolute Gasteiger partial charge is 0.480 e. The van der Waals surface area contributed by atoms with Crippen LogP contribution in [0.3, 0.4) is 0 Å². The molecule has 6 heteroatoms. The van der Waals surface area contributed by atoms with Crippen LogP contribution in [0.5, 0.6) is 0 Å². The molecule has 1 N–H and O–H groups in total. The summed E-state index contributed by atoms with van der Waals surface area (Å²) in [5.74, 6) is -0.926. The van der Waals surface area contributed by atoms with Gasteiger partial charge in [0.2, 0.25) is 0 Å². The molecule has 1 saturated heterocycles. The highest BCUT2D eigenvalue weighted by Gasteiger charge is 2.33. The number of hydrogen-bond donors (Lipinski definition) is 1. The lowest BCUT2D eigenvalue weighted by Gasteiger charge is -2.35. The zero-order chi connectivity index (χ0) is 15.4. The maximum Gasteiger partial charge on any atom is 0.326 e. The second-order valence-electron chi connectivity index (χ2n) is 5.45. The molecule has 114 valence electrons. The Kier molecular flexibility index (Phi) is 4.77. The smallest absolute Gasteiger partial charge is 0.326 e. The Hall–Kier alpha value is -2.11. The number of urea groups is 1. The van der Waals surface area contributed by atoms with Gasteiger partial charge in [-0.3, -0.25) is 4.98 Å². The molecule has 21 heavy (non-hydrogen) atoms. The van der Waals surface area contributed by atoms with Crippen molar-refractivity contribution in [3.05, 3.63) is 29.6 Å². The third-order valence-corrected chi connectivity index (χ3v) is 3.71. The summed E-state index contributed by atoms with van der Waals surface area (Å²) >= 11 is 0. The van der Waals surface area contributed by atoms with Gasteiger partial charge < -0.3 is 14.9 Å². The van der Waals surface area contributed by atoms with E-state index in [0.717, 1.165) is 24.2 Å². The maximum absolute atomic E-state index is 12.5. The number of carboxylic acid groups (broad SMARTS) is 1. The normalized spacial score (nSPS) is 18.4. The average Bonchev–Trinajstić information content (AvgIpc) is 2.46. The van der Waals surface area contributed by atoms with E-state index in [0.29, 0.717) is 19.5 Å². The van der Waals surface area contributed by atoms with Gasteiger partial charge in [0.1, 0.15) is 6.04 Å². The Bertz CT molecular complexity index is 533. The zero-order valence-corrected chi connectivity index (χ0v) is 12.5. The van der Waals surface area contributed by atoms with E-state index in [1.54, 1.807) is 7.05 Å². The highest BCUT2D eigenvalue weighted by Crippen LogP contribution is 2.19. The van der Waals surface area contributed by atoms with E-state index >= 15 is 0 Å². The number of carbonyl (C=O) groups is 2. The molecule has 2 rings (SSSR count). The molecule has 0 saturated carbocycles. The number of carboxylic acids is 1. The molecule has 1 aliphatic heterocycles. The number of aliphatic carboxylic acids is 1. The Morgan fingerprint density at radius 3 is 2.86 bits per heavy atom. The standard InChI is InChI=1S/C15H21N3O3/c1-11-6-5-7-12(16-11)10-17(2)15(21)18-9-4-3-8-13(18)14(19)20/h5-7,13H,3-4,8-10H2,1-2H3,(H,19,20). The molecule has 1 atom stereocenters. The Labute approximate surface area is 124 Å². The molecule has 1 unspecified atom stereocenters. The number of hydrogen-bond acceptors (Lipinski definition) is 3. The van der Waals surface area contributed by atoms with Gasteiger partial charge in [0, 0.05) is 19.3 Å². The predicted octanol–water partition coefficient (Wildman–Crippen LogP) is 1.88. The van der Waals surface area contributed by atoms with Crippen LogP contribution in [0.15, 0.2) is 18.2 Å². The summed E-state index contributed by atoms with van der Waals surface area (Å²) in [6, 6.07) is 4.71. The van der Waals surface area contributed by atoms with Gasteiger partial charge in [-0.1, -0.05) is 6.07 Å². The molecule has 2 heterocycles. The first-order chi connectivity index (χ1) is 9.99. The molecule has 0 aromatic carbocycles. The van der Waals surface area contributed by atoms with Crippen LogP contribution in [-0.2, 0) is 11.3 Å². The summed E-state index contributed by atoms with van der Waals surface area (Å²) < 4.78 is 0. The van der Waals surface area contributed by atoms with Gasteiger partial charge in [0.15, 0.2) is 0 Å². The maximum atomic E-state index is 12.5. The zero-order valence-electron chi connectivity index (χ0n) is 12.5. The number of likely N-dealkylation sites (tertiary alicyclic amines) is 1. The minimum atomic E-state index is -0.926. The molecule has 0 aliphatic carbocycles. The van der Waals surface area contributed by atoms with Crippen molar-refractivity contribution in [3.8, 4) is 0 Å². The second kappa shape index (κ2) is 6.56. The molecule has 1 fully saturated rings. The fourth-order valence-corrected chi connectivity index (χ4v) is 2.63. The van der Waals surface area contributed by atoms with Crippen LogP contribution >= 0.6 is 0 Å². The SMILES string of the molecule is Cc1cccc(CN(C)C(=O)N2CCCCC2C(=O)O)n1. The molecule has 0 spiro atoms. The fraction of sp³-hybridized carbons (Fsp3) is 0.533. The molecule has 0 bridgehead atoms. The Balaban J connectivity index is 2.05. The van der Waals surface area contributed by atoms with Gasteiger partial charge in [-0.15, -0.1) is 0 Å². The van der Waals surface area contributed by atoms with Gasteiger partial charge in [-0.05, 0) is 38.3 Å². The van der Waals surface area contributed by atoms with E-state index in [9.17, 15) is 14.7 Å². The second-order valence-corrected chi connectivity index (χ2v) is 5.45. The first-order valence-electron chi connectivity index (χ1n) is 7.16. The topological polar surface area (TPSA) is 73.7 Å². The highest BCUT2D eigenvalue weighted by atomic mass is 16.4. The summed E-state index contributed by atoms with van der Waals surface area (Å²) in [6.07, 6.45) is 2.23. The van der Waals surface area contributed by atoms with Crippen molar-refractivity contribution in [1.82, 2.24) is 14.8 Å². The van der Waals surface area contributed by atoms with E-state index in [-0.39, 0.29) is 6.03 Å². The number of rotatable bonds is 3. The van der Waals surface area contributed by atoms with Crippen molar-refractivity contribution in [2.75, 3.05) is 13.6 Å². The van der Waals surface area contributed by atoms with Gasteiger partial charge in [-0.2, -0.15) is 0 Å². The van der Waals surface area contributed by atoms with Crippen LogP contribution in [0.1, 0.15) is 30.7 Å². The third-order valence-electron chi connectivity index (χ3n) is 3.71. The lowest BCUT2D eigenvalue weighted by atomic mass is 10.0. The number of carbonyl (C=O) groups excluding carboxylic acids is 1. The first-order valence-corrected chi connectivity index (χ1v) is 7.16. The van der Waals surface area contributed by atoms with E-state index in [2.05, 4.69) is 4.98 Å². The van der Waals surface area contributed by atoms with Crippen LogP contribution in [0.4, 0.5) is 4.79 Å². The van der Waals surface area contributed by atoms with Crippen molar-refractivity contribution in [2.45, 2.75) is 38.8 Å². The molecule has 1 aliphatic rings. The van der Waals surface area contributed by atoms with Gasteiger partial charge in [-0.25, -0.2) is 9.59 Å². The number of aryl methyl sites for hydroxylation is 1. The molecular formula is C15H21N3O3. The molecule has 1 aromatic heterocycles. The summed E-state index contributed by atoms with van der Waals surface area (Å²) in [5.41, 5.74) is 1.70. The number of aromatic nitrogens is 1. The average molecular weight is 291 g/mol. The summed E-state index contributed by atoms with van der Waals surface area (Å²) in [4.78, 5) is 31.1. The predicted molar refractivity (Wildman–Crippen MR) is 77.8 cm³/mol. The van der Waals surface area contributed by atoms with E-state index < -0.39 is 12.0 Å². The van der Waals surface area contributed by atoms with Gasteiger partial charge >= 0.3 is 12.0 Å². The Morgan fingerprint density at radius 2 is 2.19 bits per heavy atom. The number of nitrogens with zero attached hydrogens (tertiary/aromatic N) is 3. The van der Waals surface area contributed by atoms with Gasteiger partial charge in [0.05, 0.1) is 12.2 Å². The van der Waals surface area contributed by atoms with Gasteiger partial charge in [0.25, 0.3) is 0 Å². The molecule has 0 radical (unpaired) electrons. The first kappa shape index (κ1) is 15.3. The molecule has 1 aromatic rings. The number of pyridine rings is 1. The van der Waals surface area contributed by atoms with Crippen molar-refractivity contribution in [3.63, 3.8) is 0 Å². The van der Waals surface area contributed by atoms with E-state index in [1.165, 1.54) is 9.80 Å². The van der Waals surface area contributed by atoms with Crippen molar-refractivity contribution < 1.29 is 14.7 Å². The fourth-order valence-electron chi connectivity index (χ4n) is 2.63. The number of amides is 2. The molecule has 6 nitrogen and oxygen atoms in total. The van der Waals surface area contributed by atoms with Crippen LogP contribution < -0.4 is 0 Å². The van der Waals surface area contributed by atoms with Crippen LogP contribution in [0, 0.1) is 6.92 Å². The van der Waals surface area contributed by atoms with Crippen LogP contribution in [-0.4, -0.2) is 51.5 Å². The summed E-state index contributed by atoms with van der Waals surface area (Å²) in [7, 11) is 1.68. The van der Waals surface area contributed by atoms with E-state index in [1.807, 2.05) is 25.1 Å². The quantitative estimate of drug-likeness (QED) is 0.922.